The maximum absolute atomic E-state index is 11.8. The second-order valence-corrected chi connectivity index (χ2v) is 7.49. The normalized spacial score (nSPS) is 11.9. The van der Waals surface area contributed by atoms with Crippen LogP contribution in [0.2, 0.25) is 5.02 Å². The average molecular weight is 333 g/mol. The van der Waals surface area contributed by atoms with Crippen molar-refractivity contribution in [3.05, 3.63) is 34.9 Å². The molecule has 1 N–H and O–H groups in total. The fourth-order valence-corrected chi connectivity index (χ4v) is 3.28. The van der Waals surface area contributed by atoms with Crippen LogP contribution in [-0.4, -0.2) is 44.0 Å². The summed E-state index contributed by atoms with van der Waals surface area (Å²) in [5.41, 5.74) is 0.862. The fourth-order valence-electron chi connectivity index (χ4n) is 1.96. The van der Waals surface area contributed by atoms with E-state index in [1.165, 1.54) is 10.6 Å². The van der Waals surface area contributed by atoms with Gasteiger partial charge < -0.3 is 5.32 Å². The highest BCUT2D eigenvalue weighted by Crippen LogP contribution is 2.09. The van der Waals surface area contributed by atoms with Gasteiger partial charge in [0.1, 0.15) is 0 Å². The van der Waals surface area contributed by atoms with E-state index in [9.17, 15) is 13.2 Å². The summed E-state index contributed by atoms with van der Waals surface area (Å²) in [6.45, 7) is 4.16. The Labute approximate surface area is 131 Å². The van der Waals surface area contributed by atoms with Crippen molar-refractivity contribution in [3.8, 4) is 0 Å². The first-order valence-corrected chi connectivity index (χ1v) is 8.90. The summed E-state index contributed by atoms with van der Waals surface area (Å²) in [5.74, 6) is -0.144. The van der Waals surface area contributed by atoms with Crippen LogP contribution in [-0.2, 0) is 21.2 Å². The van der Waals surface area contributed by atoms with Crippen molar-refractivity contribution >= 4 is 27.5 Å². The number of sulfonamides is 1. The first kappa shape index (κ1) is 17.9. The van der Waals surface area contributed by atoms with E-state index in [1.807, 2.05) is 0 Å². The Hall–Kier alpha value is -1.11. The van der Waals surface area contributed by atoms with E-state index >= 15 is 0 Å². The van der Waals surface area contributed by atoms with Gasteiger partial charge in [0.15, 0.2) is 0 Å². The summed E-state index contributed by atoms with van der Waals surface area (Å²) < 4.78 is 24.5. The lowest BCUT2D eigenvalue weighted by atomic mass is 10.1. The smallest absolute Gasteiger partial charge is 0.224 e. The zero-order valence-electron chi connectivity index (χ0n) is 12.5. The van der Waals surface area contributed by atoms with Crippen LogP contribution in [0.15, 0.2) is 24.3 Å². The predicted octanol–water partition coefficient (Wildman–Crippen LogP) is 1.67. The molecule has 0 heterocycles. The molecule has 7 heteroatoms. The third kappa shape index (κ3) is 6.46. The first-order chi connectivity index (χ1) is 9.70. The highest BCUT2D eigenvalue weighted by atomic mass is 35.5. The molecule has 0 spiro atoms. The van der Waals surface area contributed by atoms with E-state index in [0.717, 1.165) is 5.56 Å². The average Bonchev–Trinajstić information content (AvgIpc) is 2.35. The molecule has 0 unspecified atom stereocenters. The number of hydrogen-bond acceptors (Lipinski definition) is 3. The molecule has 0 aliphatic rings. The topological polar surface area (TPSA) is 66.5 Å². The molecule has 0 bridgehead atoms. The van der Waals surface area contributed by atoms with Gasteiger partial charge in [0.25, 0.3) is 0 Å². The molecule has 0 fully saturated rings. The first-order valence-electron chi connectivity index (χ1n) is 6.68. The van der Waals surface area contributed by atoms with Crippen LogP contribution < -0.4 is 5.32 Å². The van der Waals surface area contributed by atoms with Crippen LogP contribution in [0.25, 0.3) is 0 Å². The van der Waals surface area contributed by atoms with Crippen LogP contribution in [0, 0.1) is 0 Å². The van der Waals surface area contributed by atoms with Gasteiger partial charge in [-0.3, -0.25) is 4.79 Å². The largest absolute Gasteiger partial charge is 0.354 e. The van der Waals surface area contributed by atoms with Crippen LogP contribution >= 0.6 is 11.6 Å². The standard InChI is InChI=1S/C14H21ClN2O3S/c1-11(2)17(21(3,19)20)9-8-16-14(18)10-12-4-6-13(15)7-5-12/h4-7,11H,8-10H2,1-3H3,(H,16,18). The van der Waals surface area contributed by atoms with Crippen molar-refractivity contribution in [1.82, 2.24) is 9.62 Å². The molecule has 1 aromatic carbocycles. The Kier molecular flexibility index (Phi) is 6.64. The Bertz CT molecular complexity index is 570. The lowest BCUT2D eigenvalue weighted by Crippen LogP contribution is -2.42. The van der Waals surface area contributed by atoms with E-state index < -0.39 is 10.0 Å². The van der Waals surface area contributed by atoms with Crippen molar-refractivity contribution in [2.24, 2.45) is 0 Å². The number of hydrogen-bond donors (Lipinski definition) is 1. The zero-order chi connectivity index (χ0) is 16.0. The Balaban J connectivity index is 2.44. The highest BCUT2D eigenvalue weighted by molar-refractivity contribution is 7.88. The number of benzene rings is 1. The van der Waals surface area contributed by atoms with Gasteiger partial charge in [-0.05, 0) is 31.5 Å². The van der Waals surface area contributed by atoms with E-state index in [-0.39, 0.29) is 31.5 Å². The molecule has 5 nitrogen and oxygen atoms in total. The molecule has 0 saturated carbocycles. The minimum Gasteiger partial charge on any atom is -0.354 e. The number of halogens is 1. The number of carbonyl (C=O) groups excluding carboxylic acids is 1. The van der Waals surface area contributed by atoms with E-state index in [1.54, 1.807) is 38.1 Å². The number of amides is 1. The summed E-state index contributed by atoms with van der Waals surface area (Å²) in [7, 11) is -3.26. The van der Waals surface area contributed by atoms with Gasteiger partial charge in [-0.25, -0.2) is 8.42 Å². The number of nitrogens with zero attached hydrogens (tertiary/aromatic N) is 1. The Morgan fingerprint density at radius 2 is 1.86 bits per heavy atom. The third-order valence-corrected chi connectivity index (χ3v) is 4.64. The van der Waals surface area contributed by atoms with Gasteiger partial charge >= 0.3 is 0 Å². The SMILES string of the molecule is CC(C)N(CCNC(=O)Cc1ccc(Cl)cc1)S(C)(=O)=O. The minimum absolute atomic E-state index is 0.131. The molecule has 1 aromatic rings. The molecule has 118 valence electrons. The number of nitrogens with one attached hydrogen (secondary N) is 1. The van der Waals surface area contributed by atoms with Crippen LogP contribution in [0.1, 0.15) is 19.4 Å². The lowest BCUT2D eigenvalue weighted by Gasteiger charge is -2.23. The molecule has 1 rings (SSSR count). The van der Waals surface area contributed by atoms with Gasteiger partial charge in [0.2, 0.25) is 15.9 Å². The molecule has 0 atom stereocenters. The van der Waals surface area contributed by atoms with Crippen molar-refractivity contribution in [2.45, 2.75) is 26.3 Å². The summed E-state index contributed by atoms with van der Waals surface area (Å²) in [5, 5.41) is 3.35. The van der Waals surface area contributed by atoms with Crippen LogP contribution in [0.3, 0.4) is 0 Å². The van der Waals surface area contributed by atoms with E-state index in [0.29, 0.717) is 5.02 Å². The molecule has 0 aliphatic heterocycles. The summed E-state index contributed by atoms with van der Waals surface area (Å²) >= 11 is 5.78. The van der Waals surface area contributed by atoms with Gasteiger partial charge in [-0.2, -0.15) is 4.31 Å². The third-order valence-electron chi connectivity index (χ3n) is 2.93. The molecule has 0 saturated heterocycles. The molecule has 21 heavy (non-hydrogen) atoms. The maximum atomic E-state index is 11.8. The molecular weight excluding hydrogens is 312 g/mol. The maximum Gasteiger partial charge on any atom is 0.224 e. The monoisotopic (exact) mass is 332 g/mol. The quantitative estimate of drug-likeness (QED) is 0.826. The summed E-state index contributed by atoms with van der Waals surface area (Å²) in [6.07, 6.45) is 1.42. The molecular formula is C14H21ClN2O3S. The summed E-state index contributed by atoms with van der Waals surface area (Å²) in [6, 6.07) is 6.91. The van der Waals surface area contributed by atoms with Crippen molar-refractivity contribution in [1.29, 1.82) is 0 Å². The Morgan fingerprint density at radius 3 is 2.33 bits per heavy atom. The summed E-state index contributed by atoms with van der Waals surface area (Å²) in [4.78, 5) is 11.8. The van der Waals surface area contributed by atoms with Crippen molar-refractivity contribution < 1.29 is 13.2 Å². The fraction of sp³-hybridized carbons (Fsp3) is 0.500. The number of rotatable bonds is 7. The lowest BCUT2D eigenvalue weighted by molar-refractivity contribution is -0.120. The molecule has 1 amide bonds. The predicted molar refractivity (Wildman–Crippen MR) is 84.9 cm³/mol. The Morgan fingerprint density at radius 1 is 1.29 bits per heavy atom. The molecule has 0 radical (unpaired) electrons. The van der Waals surface area contributed by atoms with E-state index in [2.05, 4.69) is 5.32 Å². The highest BCUT2D eigenvalue weighted by Gasteiger charge is 2.19. The number of carbonyl (C=O) groups is 1. The van der Waals surface area contributed by atoms with Gasteiger partial charge in [-0.1, -0.05) is 23.7 Å². The van der Waals surface area contributed by atoms with Gasteiger partial charge in [0, 0.05) is 24.2 Å². The second-order valence-electron chi connectivity index (χ2n) is 5.12. The van der Waals surface area contributed by atoms with Crippen molar-refractivity contribution in [3.63, 3.8) is 0 Å². The second kappa shape index (κ2) is 7.77. The van der Waals surface area contributed by atoms with Crippen LogP contribution in [0.5, 0.6) is 0 Å². The zero-order valence-corrected chi connectivity index (χ0v) is 14.0. The molecule has 0 aliphatic carbocycles. The van der Waals surface area contributed by atoms with E-state index in [4.69, 9.17) is 11.6 Å². The molecule has 0 aromatic heterocycles. The van der Waals surface area contributed by atoms with Gasteiger partial charge in [0.05, 0.1) is 12.7 Å². The van der Waals surface area contributed by atoms with Crippen molar-refractivity contribution in [2.75, 3.05) is 19.3 Å². The van der Waals surface area contributed by atoms with Gasteiger partial charge in [-0.15, -0.1) is 0 Å². The van der Waals surface area contributed by atoms with Crippen LogP contribution in [0.4, 0.5) is 0 Å². The minimum atomic E-state index is -3.26.